The Balaban J connectivity index is -0.000000338. The summed E-state index contributed by atoms with van der Waals surface area (Å²) in [5.41, 5.74) is 0. The van der Waals surface area contributed by atoms with Crippen LogP contribution in [0, 0.1) is 0 Å². The molecule has 0 aliphatic rings. The molecule has 160 valence electrons. The fourth-order valence-corrected chi connectivity index (χ4v) is 2.52. The topological polar surface area (TPSA) is 81.6 Å². The van der Waals surface area contributed by atoms with Crippen LogP contribution in [-0.2, 0) is 0 Å². The fraction of sp³-hybridized carbons (Fsp3) is 0.952. The fourth-order valence-electron chi connectivity index (χ4n) is 2.52. The van der Waals surface area contributed by atoms with Gasteiger partial charge in [0.25, 0.3) is 0 Å². The first-order valence-corrected chi connectivity index (χ1v) is 10.8. The molecule has 26 heavy (non-hydrogen) atoms. The Bertz CT molecular complexity index is 201. The zero-order valence-corrected chi connectivity index (χ0v) is 18.1. The summed E-state index contributed by atoms with van der Waals surface area (Å²) < 4.78 is 0. The average molecular weight is 377 g/mol. The van der Waals surface area contributed by atoms with Crippen molar-refractivity contribution in [2.75, 3.05) is 27.2 Å². The summed E-state index contributed by atoms with van der Waals surface area (Å²) >= 11 is 0. The Kier molecular flexibility index (Phi) is 36.7. The van der Waals surface area contributed by atoms with Crippen molar-refractivity contribution in [1.82, 2.24) is 10.6 Å². The van der Waals surface area contributed by atoms with E-state index in [4.69, 9.17) is 15.0 Å². The summed E-state index contributed by atoms with van der Waals surface area (Å²) in [5, 5.41) is 20.3. The lowest BCUT2D eigenvalue weighted by atomic mass is 10.1. The second kappa shape index (κ2) is 31.9. The zero-order valence-electron chi connectivity index (χ0n) is 18.1. The maximum Gasteiger partial charge on any atom is 0.503 e. The summed E-state index contributed by atoms with van der Waals surface area (Å²) in [6.45, 7) is 6.91. The Morgan fingerprint density at radius 1 is 0.577 bits per heavy atom. The Labute approximate surface area is 163 Å². The number of unbranched alkanes of at least 4 members (excludes halogenated alkanes) is 12. The molecule has 0 fully saturated rings. The molecule has 0 saturated carbocycles. The van der Waals surface area contributed by atoms with E-state index in [1.165, 1.54) is 103 Å². The van der Waals surface area contributed by atoms with Gasteiger partial charge in [-0.05, 0) is 40.0 Å². The van der Waals surface area contributed by atoms with Crippen molar-refractivity contribution in [3.05, 3.63) is 0 Å². The quantitative estimate of drug-likeness (QED) is 0.243. The van der Waals surface area contributed by atoms with Crippen molar-refractivity contribution in [2.45, 2.75) is 104 Å². The first-order valence-electron chi connectivity index (χ1n) is 10.8. The third kappa shape index (κ3) is 49.5. The lowest BCUT2D eigenvalue weighted by Crippen LogP contribution is -2.06. The van der Waals surface area contributed by atoms with Gasteiger partial charge in [-0.15, -0.1) is 0 Å². The molecular formula is C21H48N2O3. The highest BCUT2D eigenvalue weighted by molar-refractivity contribution is 5.53. The molecule has 5 nitrogen and oxygen atoms in total. The van der Waals surface area contributed by atoms with E-state index >= 15 is 0 Å². The zero-order chi connectivity index (χ0) is 20.3. The molecule has 0 radical (unpaired) electrons. The summed E-state index contributed by atoms with van der Waals surface area (Å²) in [6.07, 6.45) is 17.9. The van der Waals surface area contributed by atoms with E-state index in [9.17, 15) is 0 Å². The van der Waals surface area contributed by atoms with Crippen LogP contribution in [-0.4, -0.2) is 43.6 Å². The predicted molar refractivity (Wildman–Crippen MR) is 114 cm³/mol. The van der Waals surface area contributed by atoms with Crippen molar-refractivity contribution in [2.24, 2.45) is 0 Å². The van der Waals surface area contributed by atoms with Crippen molar-refractivity contribution in [1.29, 1.82) is 0 Å². The molecule has 0 aliphatic heterocycles. The molecule has 4 N–H and O–H groups in total. The average Bonchev–Trinajstić information content (AvgIpc) is 2.60. The van der Waals surface area contributed by atoms with Crippen LogP contribution in [0.3, 0.4) is 0 Å². The van der Waals surface area contributed by atoms with Crippen LogP contribution in [0.4, 0.5) is 4.79 Å². The van der Waals surface area contributed by atoms with Gasteiger partial charge in [-0.2, -0.15) is 0 Å². The molecule has 0 spiro atoms. The van der Waals surface area contributed by atoms with Gasteiger partial charge < -0.3 is 20.8 Å². The summed E-state index contributed by atoms with van der Waals surface area (Å²) in [7, 11) is 4.05. The first kappa shape index (κ1) is 29.9. The van der Waals surface area contributed by atoms with Gasteiger partial charge in [0.1, 0.15) is 0 Å². The van der Waals surface area contributed by atoms with Crippen LogP contribution in [0.5, 0.6) is 0 Å². The lowest BCUT2D eigenvalue weighted by Gasteiger charge is -1.99. The molecule has 0 aromatic heterocycles. The molecule has 0 aliphatic carbocycles. The number of carbonyl (C=O) groups is 1. The molecule has 0 heterocycles. The molecule has 0 amide bonds. The minimum atomic E-state index is -1.83. The Morgan fingerprint density at radius 2 is 0.808 bits per heavy atom. The molecule has 0 unspecified atom stereocenters. The third-order valence-corrected chi connectivity index (χ3v) is 4.06. The Hall–Kier alpha value is -0.810. The SMILES string of the molecule is CCCCCCCCCNC.CCCCCCCCCNC.O=C(O)O. The number of carboxylic acid groups (broad SMARTS) is 2. The van der Waals surface area contributed by atoms with Gasteiger partial charge in [0, 0.05) is 0 Å². The maximum atomic E-state index is 8.56. The second-order valence-corrected chi connectivity index (χ2v) is 6.73. The van der Waals surface area contributed by atoms with Gasteiger partial charge in [-0.3, -0.25) is 0 Å². The highest BCUT2D eigenvalue weighted by Crippen LogP contribution is 2.06. The smallest absolute Gasteiger partial charge is 0.450 e. The van der Waals surface area contributed by atoms with Crippen LogP contribution in [0.1, 0.15) is 104 Å². The van der Waals surface area contributed by atoms with Gasteiger partial charge in [0.05, 0.1) is 0 Å². The molecule has 0 saturated heterocycles. The van der Waals surface area contributed by atoms with E-state index in [0.29, 0.717) is 0 Å². The number of rotatable bonds is 16. The van der Waals surface area contributed by atoms with E-state index in [1.54, 1.807) is 0 Å². The molecule has 0 atom stereocenters. The van der Waals surface area contributed by atoms with Crippen LogP contribution in [0.2, 0.25) is 0 Å². The van der Waals surface area contributed by atoms with Gasteiger partial charge in [0.15, 0.2) is 0 Å². The standard InChI is InChI=1S/2C10H23N.CH2O3/c2*1-3-4-5-6-7-8-9-10-11-2;2-1(3)4/h2*11H,3-10H2,1-2H3;(H2,2,3,4). The van der Waals surface area contributed by atoms with Gasteiger partial charge in [0.2, 0.25) is 0 Å². The Morgan fingerprint density at radius 3 is 1.04 bits per heavy atom. The molecular weight excluding hydrogens is 328 g/mol. The van der Waals surface area contributed by atoms with E-state index < -0.39 is 6.16 Å². The number of hydrogen-bond donors (Lipinski definition) is 4. The van der Waals surface area contributed by atoms with Crippen LogP contribution < -0.4 is 10.6 Å². The van der Waals surface area contributed by atoms with E-state index in [2.05, 4.69) is 24.5 Å². The highest BCUT2D eigenvalue weighted by Gasteiger charge is 1.89. The van der Waals surface area contributed by atoms with Crippen LogP contribution in [0.15, 0.2) is 0 Å². The molecule has 0 aromatic rings. The van der Waals surface area contributed by atoms with Crippen molar-refractivity contribution < 1.29 is 15.0 Å². The van der Waals surface area contributed by atoms with E-state index in [-0.39, 0.29) is 0 Å². The minimum absolute atomic E-state index is 1.19. The minimum Gasteiger partial charge on any atom is -0.450 e. The van der Waals surface area contributed by atoms with Gasteiger partial charge in [-0.1, -0.05) is 90.9 Å². The molecule has 5 heteroatoms. The highest BCUT2D eigenvalue weighted by atomic mass is 16.6. The largest absolute Gasteiger partial charge is 0.503 e. The molecule has 0 aromatic carbocycles. The van der Waals surface area contributed by atoms with Crippen LogP contribution in [0.25, 0.3) is 0 Å². The summed E-state index contributed by atoms with van der Waals surface area (Å²) in [4.78, 5) is 8.56. The van der Waals surface area contributed by atoms with Crippen LogP contribution >= 0.6 is 0 Å². The predicted octanol–water partition coefficient (Wildman–Crippen LogP) is 6.14. The van der Waals surface area contributed by atoms with Crippen molar-refractivity contribution in [3.63, 3.8) is 0 Å². The van der Waals surface area contributed by atoms with E-state index in [0.717, 1.165) is 0 Å². The van der Waals surface area contributed by atoms with Gasteiger partial charge in [-0.25, -0.2) is 4.79 Å². The van der Waals surface area contributed by atoms with E-state index in [1.807, 2.05) is 14.1 Å². The molecule has 0 rings (SSSR count). The molecule has 0 bridgehead atoms. The second-order valence-electron chi connectivity index (χ2n) is 6.73. The number of nitrogens with one attached hydrogen (secondary N) is 2. The normalized spacial score (nSPS) is 9.69. The van der Waals surface area contributed by atoms with Crippen molar-refractivity contribution >= 4 is 6.16 Å². The first-order chi connectivity index (χ1) is 12.6. The van der Waals surface area contributed by atoms with Gasteiger partial charge >= 0.3 is 6.16 Å². The maximum absolute atomic E-state index is 8.56. The monoisotopic (exact) mass is 376 g/mol. The summed E-state index contributed by atoms with van der Waals surface area (Å²) in [6, 6.07) is 0. The third-order valence-electron chi connectivity index (χ3n) is 4.06. The van der Waals surface area contributed by atoms with Crippen molar-refractivity contribution in [3.8, 4) is 0 Å². The number of hydrogen-bond acceptors (Lipinski definition) is 3. The summed E-state index contributed by atoms with van der Waals surface area (Å²) in [5.74, 6) is 0. The lowest BCUT2D eigenvalue weighted by molar-refractivity contribution is 0.137.